The molecule has 2 aliphatic rings. The Labute approximate surface area is 256 Å². The first-order valence-corrected chi connectivity index (χ1v) is 14.2. The number of Topliss-reactive ketones (excluding diaryl/α,β-unsaturated/α-hetero) is 1. The summed E-state index contributed by atoms with van der Waals surface area (Å²) >= 11 is 6.21. The molecule has 0 radical (unpaired) electrons. The van der Waals surface area contributed by atoms with Gasteiger partial charge in [0.05, 0.1) is 41.2 Å². The van der Waals surface area contributed by atoms with Gasteiger partial charge in [0.1, 0.15) is 29.9 Å². The van der Waals surface area contributed by atoms with Gasteiger partial charge in [-0.3, -0.25) is 24.2 Å². The molecular formula is C32H26ClF2N5O4. The molecule has 3 heterocycles. The van der Waals surface area contributed by atoms with Crippen molar-refractivity contribution in [2.24, 2.45) is 7.05 Å². The van der Waals surface area contributed by atoms with Gasteiger partial charge in [-0.1, -0.05) is 23.7 Å². The molecule has 0 bridgehead atoms. The molecule has 0 spiro atoms. The van der Waals surface area contributed by atoms with Crippen LogP contribution in [0.2, 0.25) is 5.02 Å². The van der Waals surface area contributed by atoms with E-state index in [1.165, 1.54) is 34.2 Å². The molecule has 1 N–H and O–H groups in total. The maximum atomic E-state index is 16.7. The lowest BCUT2D eigenvalue weighted by Crippen LogP contribution is -2.48. The number of carbonyl (C=O) groups excluding carboxylic acids is 2. The van der Waals surface area contributed by atoms with Crippen molar-refractivity contribution >= 4 is 23.3 Å². The van der Waals surface area contributed by atoms with Crippen LogP contribution in [0.15, 0.2) is 67.1 Å². The molecule has 1 amide bonds. The SMILES string of the molecule is Cn1cc([C@](O)(CF)c2cc(F)c3c(c2)C(=O)N(Cc2ccc(C#N)cn2)[C@@]3(O[C@H]2CCC(=O)C2)c2ccc(Cl)cc2)cn1. The number of rotatable bonds is 8. The summed E-state index contributed by atoms with van der Waals surface area (Å²) in [6.07, 6.45) is 4.10. The first-order chi connectivity index (χ1) is 21.1. The maximum Gasteiger partial charge on any atom is 0.257 e. The van der Waals surface area contributed by atoms with E-state index in [1.54, 1.807) is 43.4 Å². The van der Waals surface area contributed by atoms with Gasteiger partial charge in [-0.15, -0.1) is 0 Å². The van der Waals surface area contributed by atoms with Gasteiger partial charge in [0.2, 0.25) is 5.72 Å². The molecule has 4 aromatic rings. The summed E-state index contributed by atoms with van der Waals surface area (Å²) in [6.45, 7) is -1.49. The van der Waals surface area contributed by atoms with Crippen molar-refractivity contribution in [3.8, 4) is 6.07 Å². The first kappa shape index (κ1) is 29.6. The summed E-state index contributed by atoms with van der Waals surface area (Å²) in [4.78, 5) is 32.3. The zero-order chi connectivity index (χ0) is 31.2. The fourth-order valence-electron chi connectivity index (χ4n) is 5.96. The predicted octanol–water partition coefficient (Wildman–Crippen LogP) is 4.68. The maximum absolute atomic E-state index is 16.7. The number of benzene rings is 2. The molecule has 2 aromatic carbocycles. The Morgan fingerprint density at radius 3 is 2.55 bits per heavy atom. The minimum absolute atomic E-state index is 0.0218. The lowest BCUT2D eigenvalue weighted by molar-refractivity contribution is -0.149. The number of alkyl halides is 1. The van der Waals surface area contributed by atoms with Crippen LogP contribution in [0.25, 0.3) is 0 Å². The summed E-state index contributed by atoms with van der Waals surface area (Å²) in [7, 11) is 1.59. The molecule has 0 unspecified atom stereocenters. The second kappa shape index (κ2) is 11.2. The van der Waals surface area contributed by atoms with Crippen LogP contribution in [0.1, 0.15) is 63.1 Å². The molecule has 3 atom stereocenters. The minimum Gasteiger partial charge on any atom is -0.377 e. The molecule has 2 aromatic heterocycles. The number of aromatic nitrogens is 3. The Hall–Kier alpha value is -4.50. The highest BCUT2D eigenvalue weighted by Crippen LogP contribution is 2.50. The highest BCUT2D eigenvalue weighted by molar-refractivity contribution is 6.30. The van der Waals surface area contributed by atoms with Crippen molar-refractivity contribution in [3.63, 3.8) is 0 Å². The van der Waals surface area contributed by atoms with Crippen molar-refractivity contribution in [1.29, 1.82) is 5.26 Å². The summed E-state index contributed by atoms with van der Waals surface area (Å²) < 4.78 is 39.3. The molecule has 6 rings (SSSR count). The highest BCUT2D eigenvalue weighted by atomic mass is 35.5. The Morgan fingerprint density at radius 1 is 1.18 bits per heavy atom. The van der Waals surface area contributed by atoms with Gasteiger partial charge in [-0.25, -0.2) is 8.78 Å². The summed E-state index contributed by atoms with van der Waals surface area (Å²) in [5, 5.41) is 25.1. The zero-order valence-corrected chi connectivity index (χ0v) is 24.3. The van der Waals surface area contributed by atoms with E-state index in [1.807, 2.05) is 6.07 Å². The second-order valence-electron chi connectivity index (χ2n) is 11.0. The van der Waals surface area contributed by atoms with Crippen LogP contribution in [0.4, 0.5) is 8.78 Å². The van der Waals surface area contributed by atoms with Gasteiger partial charge >= 0.3 is 0 Å². The number of hydrogen-bond acceptors (Lipinski definition) is 7. The standard InChI is InChI=1S/C32H26ClF2N5O4/c1-39-16-22(15-38-39)31(43,18-34)21-10-27-29(28(35)11-21)32(20-3-5-23(33)6-4-20,44-26-9-8-25(41)12-26)40(30(27)42)17-24-7-2-19(13-36)14-37-24/h2-7,10-11,14-16,26,43H,8-9,12,17-18H2,1H3/t26-,31-,32+/m0/s1. The number of aliphatic hydroxyl groups is 1. The van der Waals surface area contributed by atoms with Crippen LogP contribution in [0.3, 0.4) is 0 Å². The van der Waals surface area contributed by atoms with E-state index < -0.39 is 35.8 Å². The molecule has 1 fully saturated rings. The van der Waals surface area contributed by atoms with Crippen LogP contribution >= 0.6 is 11.6 Å². The molecule has 12 heteroatoms. The van der Waals surface area contributed by atoms with E-state index >= 15 is 4.39 Å². The number of nitrogens with zero attached hydrogens (tertiary/aromatic N) is 5. The van der Waals surface area contributed by atoms with Gasteiger partial charge in [0, 0.05) is 48.4 Å². The van der Waals surface area contributed by atoms with Gasteiger partial charge in [0.15, 0.2) is 0 Å². The number of hydrogen-bond donors (Lipinski definition) is 1. The quantitative estimate of drug-likeness (QED) is 0.305. The summed E-state index contributed by atoms with van der Waals surface area (Å²) in [5.41, 5.74) is -3.52. The Balaban J connectivity index is 1.58. The third-order valence-corrected chi connectivity index (χ3v) is 8.44. The number of aryl methyl sites for hydroxylation is 1. The van der Waals surface area contributed by atoms with E-state index in [4.69, 9.17) is 16.3 Å². The lowest BCUT2D eigenvalue weighted by Gasteiger charge is -2.41. The molecule has 1 aliphatic heterocycles. The molecule has 1 aliphatic carbocycles. The largest absolute Gasteiger partial charge is 0.377 e. The van der Waals surface area contributed by atoms with Gasteiger partial charge < -0.3 is 9.84 Å². The van der Waals surface area contributed by atoms with Crippen LogP contribution < -0.4 is 0 Å². The van der Waals surface area contributed by atoms with E-state index in [-0.39, 0.29) is 47.4 Å². The Kier molecular flexibility index (Phi) is 7.53. The van der Waals surface area contributed by atoms with E-state index in [2.05, 4.69) is 10.1 Å². The molecule has 44 heavy (non-hydrogen) atoms. The number of carbonyl (C=O) groups is 2. The van der Waals surface area contributed by atoms with Gasteiger partial charge in [-0.2, -0.15) is 10.4 Å². The molecule has 224 valence electrons. The van der Waals surface area contributed by atoms with E-state index in [9.17, 15) is 24.3 Å². The van der Waals surface area contributed by atoms with Crippen LogP contribution in [-0.4, -0.2) is 49.2 Å². The molecule has 1 saturated carbocycles. The van der Waals surface area contributed by atoms with Crippen LogP contribution in [0.5, 0.6) is 0 Å². The topological polar surface area (TPSA) is 121 Å². The van der Waals surface area contributed by atoms with E-state index in [0.29, 0.717) is 28.3 Å². The fourth-order valence-corrected chi connectivity index (χ4v) is 6.08. The minimum atomic E-state index is -2.30. The zero-order valence-electron chi connectivity index (χ0n) is 23.5. The van der Waals surface area contributed by atoms with E-state index in [0.717, 1.165) is 6.07 Å². The number of nitriles is 1. The van der Waals surface area contributed by atoms with Crippen LogP contribution in [-0.2, 0) is 34.4 Å². The molecule has 0 saturated heterocycles. The normalized spacial score (nSPS) is 20.9. The second-order valence-corrected chi connectivity index (χ2v) is 11.4. The third kappa shape index (κ3) is 4.85. The lowest BCUT2D eigenvalue weighted by atomic mass is 9.85. The predicted molar refractivity (Wildman–Crippen MR) is 153 cm³/mol. The van der Waals surface area contributed by atoms with Crippen molar-refractivity contribution in [2.75, 3.05) is 6.67 Å². The van der Waals surface area contributed by atoms with Crippen molar-refractivity contribution < 1.29 is 28.2 Å². The average Bonchev–Trinajstić information content (AvgIpc) is 3.71. The third-order valence-electron chi connectivity index (χ3n) is 8.19. The smallest absolute Gasteiger partial charge is 0.257 e. The Morgan fingerprint density at radius 2 is 1.95 bits per heavy atom. The van der Waals surface area contributed by atoms with Crippen molar-refractivity contribution in [1.82, 2.24) is 19.7 Å². The Bertz CT molecular complexity index is 1810. The van der Waals surface area contributed by atoms with Crippen molar-refractivity contribution in [2.45, 2.75) is 43.2 Å². The van der Waals surface area contributed by atoms with Gasteiger partial charge in [0.25, 0.3) is 5.91 Å². The number of pyridine rings is 1. The van der Waals surface area contributed by atoms with Crippen molar-refractivity contribution in [3.05, 3.63) is 117 Å². The average molecular weight is 618 g/mol. The highest BCUT2D eigenvalue weighted by Gasteiger charge is 2.56. The first-order valence-electron chi connectivity index (χ1n) is 13.8. The van der Waals surface area contributed by atoms with Gasteiger partial charge in [-0.05, 0) is 48.4 Å². The number of ether oxygens (including phenoxy) is 1. The molecule has 9 nitrogen and oxygen atoms in total. The van der Waals surface area contributed by atoms with Crippen LogP contribution in [0, 0.1) is 17.1 Å². The number of amides is 1. The number of ketones is 1. The number of fused-ring (bicyclic) bond motifs is 1. The monoisotopic (exact) mass is 617 g/mol. The summed E-state index contributed by atoms with van der Waals surface area (Å²) in [5.74, 6) is -1.61. The summed E-state index contributed by atoms with van der Waals surface area (Å²) in [6, 6.07) is 13.8. The fraction of sp³-hybridized carbons (Fsp3) is 0.281. The number of halogens is 3. The molecular weight excluding hydrogens is 592 g/mol.